The molecule has 0 aliphatic carbocycles. The van der Waals surface area contributed by atoms with Gasteiger partial charge in [-0.1, -0.05) is 11.3 Å². The number of fused-ring (bicyclic) bond motifs is 1. The zero-order chi connectivity index (χ0) is 13.9. The fraction of sp³-hybridized carbons (Fsp3) is 0.231. The Labute approximate surface area is 118 Å². The molecule has 2 heterocycles. The second-order valence-electron chi connectivity index (χ2n) is 4.33. The maximum absolute atomic E-state index is 13.5. The molecule has 2 aromatic heterocycles. The van der Waals surface area contributed by atoms with E-state index in [-0.39, 0.29) is 5.52 Å². The molecule has 0 atom stereocenters. The Morgan fingerprint density at radius 2 is 2.20 bits per heavy atom. The molecular weight excluding hydrogens is 282 g/mol. The highest BCUT2D eigenvalue weighted by molar-refractivity contribution is 7.22. The van der Waals surface area contributed by atoms with E-state index < -0.39 is 11.6 Å². The first-order valence-corrected chi connectivity index (χ1v) is 6.99. The molecule has 1 aromatic carbocycles. The summed E-state index contributed by atoms with van der Waals surface area (Å²) >= 11 is 1.25. The number of hydrogen-bond donors (Lipinski definition) is 1. The van der Waals surface area contributed by atoms with Crippen molar-refractivity contribution in [2.45, 2.75) is 13.0 Å². The van der Waals surface area contributed by atoms with E-state index in [2.05, 4.69) is 15.3 Å². The average Bonchev–Trinajstić information content (AvgIpc) is 3.03. The van der Waals surface area contributed by atoms with Gasteiger partial charge in [-0.3, -0.25) is 0 Å². The van der Waals surface area contributed by atoms with E-state index in [1.807, 2.05) is 10.8 Å². The third-order valence-corrected chi connectivity index (χ3v) is 3.80. The summed E-state index contributed by atoms with van der Waals surface area (Å²) in [5.74, 6) is -1.20. The van der Waals surface area contributed by atoms with Gasteiger partial charge in [-0.15, -0.1) is 0 Å². The molecule has 104 valence electrons. The Morgan fingerprint density at radius 3 is 3.00 bits per heavy atom. The quantitative estimate of drug-likeness (QED) is 0.734. The van der Waals surface area contributed by atoms with E-state index in [1.54, 1.807) is 12.5 Å². The van der Waals surface area contributed by atoms with Gasteiger partial charge in [0.25, 0.3) is 0 Å². The van der Waals surface area contributed by atoms with Gasteiger partial charge in [0.1, 0.15) is 11.3 Å². The fourth-order valence-electron chi connectivity index (χ4n) is 1.91. The smallest absolute Gasteiger partial charge is 0.183 e. The number of nitrogens with zero attached hydrogens (tertiary/aromatic N) is 3. The summed E-state index contributed by atoms with van der Waals surface area (Å²) in [6.45, 7) is 1.56. The molecule has 0 unspecified atom stereocenters. The first-order valence-electron chi connectivity index (χ1n) is 6.17. The topological polar surface area (TPSA) is 42.7 Å². The van der Waals surface area contributed by atoms with E-state index in [9.17, 15) is 8.78 Å². The Bertz CT molecular complexity index is 709. The molecule has 3 aromatic rings. The SMILES string of the molecule is Fc1cc(F)c2nc(NCCCn3ccnc3)sc2c1. The van der Waals surface area contributed by atoms with Gasteiger partial charge in [-0.2, -0.15) is 0 Å². The molecule has 0 radical (unpaired) electrons. The number of thiazole rings is 1. The second kappa shape index (κ2) is 5.54. The minimum atomic E-state index is -0.622. The standard InChI is InChI=1S/C13H12F2N4S/c14-9-6-10(15)12-11(7-9)20-13(18-12)17-2-1-4-19-5-3-16-8-19/h3,5-8H,1-2,4H2,(H,17,18). The number of benzene rings is 1. The molecule has 0 bridgehead atoms. The molecule has 0 fully saturated rings. The first kappa shape index (κ1) is 13.0. The highest BCUT2D eigenvalue weighted by Gasteiger charge is 2.10. The summed E-state index contributed by atoms with van der Waals surface area (Å²) in [5.41, 5.74) is 0.216. The molecule has 0 saturated heterocycles. The summed E-state index contributed by atoms with van der Waals surface area (Å²) in [6.07, 6.45) is 6.28. The van der Waals surface area contributed by atoms with Gasteiger partial charge < -0.3 is 9.88 Å². The maximum Gasteiger partial charge on any atom is 0.183 e. The van der Waals surface area contributed by atoms with Gasteiger partial charge >= 0.3 is 0 Å². The van der Waals surface area contributed by atoms with Crippen LogP contribution in [0, 0.1) is 11.6 Å². The summed E-state index contributed by atoms with van der Waals surface area (Å²) in [7, 11) is 0. The van der Waals surface area contributed by atoms with Crippen LogP contribution in [-0.4, -0.2) is 21.1 Å². The maximum atomic E-state index is 13.5. The van der Waals surface area contributed by atoms with Gasteiger partial charge in [0.2, 0.25) is 0 Å². The number of aryl methyl sites for hydroxylation is 1. The van der Waals surface area contributed by atoms with Gasteiger partial charge in [0.15, 0.2) is 10.9 Å². The van der Waals surface area contributed by atoms with Gasteiger partial charge in [-0.05, 0) is 12.5 Å². The van der Waals surface area contributed by atoms with Crippen LogP contribution in [0.15, 0.2) is 30.9 Å². The Hall–Kier alpha value is -2.02. The lowest BCUT2D eigenvalue weighted by Gasteiger charge is -2.03. The van der Waals surface area contributed by atoms with Crippen LogP contribution in [0.25, 0.3) is 10.2 Å². The van der Waals surface area contributed by atoms with E-state index in [1.165, 1.54) is 17.4 Å². The van der Waals surface area contributed by atoms with Crippen LogP contribution in [0.3, 0.4) is 0 Å². The predicted molar refractivity (Wildman–Crippen MR) is 74.9 cm³/mol. The molecule has 0 saturated carbocycles. The molecule has 3 rings (SSSR count). The lowest BCUT2D eigenvalue weighted by Crippen LogP contribution is -2.05. The van der Waals surface area contributed by atoms with Crippen LogP contribution < -0.4 is 5.32 Å². The highest BCUT2D eigenvalue weighted by Crippen LogP contribution is 2.28. The summed E-state index contributed by atoms with van der Waals surface area (Å²) < 4.78 is 29.1. The largest absolute Gasteiger partial charge is 0.361 e. The van der Waals surface area contributed by atoms with Crippen molar-refractivity contribution < 1.29 is 8.78 Å². The minimum absolute atomic E-state index is 0.216. The predicted octanol–water partition coefficient (Wildman–Crippen LogP) is 3.27. The fourth-order valence-corrected chi connectivity index (χ4v) is 2.84. The van der Waals surface area contributed by atoms with Gasteiger partial charge in [-0.25, -0.2) is 18.7 Å². The zero-order valence-electron chi connectivity index (χ0n) is 10.5. The monoisotopic (exact) mass is 294 g/mol. The van der Waals surface area contributed by atoms with Crippen molar-refractivity contribution in [2.75, 3.05) is 11.9 Å². The molecule has 0 aliphatic heterocycles. The van der Waals surface area contributed by atoms with Gasteiger partial charge in [0, 0.05) is 31.5 Å². The molecular formula is C13H12F2N4S. The second-order valence-corrected chi connectivity index (χ2v) is 5.36. The summed E-state index contributed by atoms with van der Waals surface area (Å²) in [5, 5.41) is 3.73. The van der Waals surface area contributed by atoms with E-state index in [4.69, 9.17) is 0 Å². The Balaban J connectivity index is 1.61. The minimum Gasteiger partial charge on any atom is -0.361 e. The van der Waals surface area contributed by atoms with Crippen molar-refractivity contribution in [1.82, 2.24) is 14.5 Å². The van der Waals surface area contributed by atoms with Crippen LogP contribution in [0.4, 0.5) is 13.9 Å². The van der Waals surface area contributed by atoms with Crippen LogP contribution in [-0.2, 0) is 6.54 Å². The highest BCUT2D eigenvalue weighted by atomic mass is 32.1. The molecule has 20 heavy (non-hydrogen) atoms. The number of imidazole rings is 1. The third-order valence-electron chi connectivity index (χ3n) is 2.84. The van der Waals surface area contributed by atoms with Gasteiger partial charge in [0.05, 0.1) is 11.0 Å². The lowest BCUT2D eigenvalue weighted by atomic mass is 10.3. The van der Waals surface area contributed by atoms with Crippen LogP contribution in [0.5, 0.6) is 0 Å². The molecule has 7 heteroatoms. The lowest BCUT2D eigenvalue weighted by molar-refractivity contribution is 0.591. The van der Waals surface area contributed by atoms with E-state index in [0.29, 0.717) is 16.4 Å². The summed E-state index contributed by atoms with van der Waals surface area (Å²) in [6, 6.07) is 2.15. The van der Waals surface area contributed by atoms with Crippen LogP contribution in [0.1, 0.15) is 6.42 Å². The third kappa shape index (κ3) is 2.77. The van der Waals surface area contributed by atoms with Crippen LogP contribution >= 0.6 is 11.3 Å². The zero-order valence-corrected chi connectivity index (χ0v) is 11.3. The molecule has 0 aliphatic rings. The normalized spacial score (nSPS) is 11.1. The van der Waals surface area contributed by atoms with Crippen LogP contribution in [0.2, 0.25) is 0 Å². The van der Waals surface area contributed by atoms with Crippen molar-refractivity contribution in [1.29, 1.82) is 0 Å². The van der Waals surface area contributed by atoms with Crippen molar-refractivity contribution >= 4 is 26.7 Å². The Kier molecular flexibility index (Phi) is 3.60. The molecule has 0 spiro atoms. The summed E-state index contributed by atoms with van der Waals surface area (Å²) in [4.78, 5) is 8.10. The molecule has 0 amide bonds. The van der Waals surface area contributed by atoms with Crippen molar-refractivity contribution in [3.8, 4) is 0 Å². The first-order chi connectivity index (χ1) is 9.72. The number of anilines is 1. The number of hydrogen-bond acceptors (Lipinski definition) is 4. The Morgan fingerprint density at radius 1 is 1.30 bits per heavy atom. The van der Waals surface area contributed by atoms with Crippen molar-refractivity contribution in [3.05, 3.63) is 42.5 Å². The number of halogens is 2. The molecule has 4 nitrogen and oxygen atoms in total. The number of nitrogens with one attached hydrogen (secondary N) is 1. The average molecular weight is 294 g/mol. The van der Waals surface area contributed by atoms with E-state index in [0.717, 1.165) is 19.0 Å². The van der Waals surface area contributed by atoms with E-state index >= 15 is 0 Å². The molecule has 1 N–H and O–H groups in total. The number of rotatable bonds is 5. The number of aromatic nitrogens is 3. The van der Waals surface area contributed by atoms with Crippen molar-refractivity contribution in [3.63, 3.8) is 0 Å². The van der Waals surface area contributed by atoms with Crippen molar-refractivity contribution in [2.24, 2.45) is 0 Å².